The van der Waals surface area contributed by atoms with Gasteiger partial charge in [-0.1, -0.05) is 17.7 Å². The third-order valence-corrected chi connectivity index (χ3v) is 6.08. The van der Waals surface area contributed by atoms with Crippen molar-refractivity contribution in [2.45, 2.75) is 24.9 Å². The van der Waals surface area contributed by atoms with Crippen LogP contribution in [0.4, 0.5) is 13.2 Å². The van der Waals surface area contributed by atoms with E-state index < -0.39 is 32.6 Å². The number of carbonyl (C=O) groups excluding carboxylic acids is 1. The molecule has 5 nitrogen and oxygen atoms in total. The van der Waals surface area contributed by atoms with Gasteiger partial charge in [0.05, 0.1) is 21.0 Å². The van der Waals surface area contributed by atoms with Crippen LogP contribution in [-0.2, 0) is 16.2 Å². The van der Waals surface area contributed by atoms with Crippen molar-refractivity contribution >= 4 is 27.5 Å². The number of alkyl halides is 3. The Morgan fingerprint density at radius 3 is 2.23 bits per heavy atom. The number of amides is 1. The molecule has 0 unspecified atom stereocenters. The maximum atomic E-state index is 12.9. The van der Waals surface area contributed by atoms with Gasteiger partial charge in [0.1, 0.15) is 0 Å². The largest absolute Gasteiger partial charge is 0.416 e. The summed E-state index contributed by atoms with van der Waals surface area (Å²) >= 11 is 6.08. The van der Waals surface area contributed by atoms with Gasteiger partial charge in [-0.25, -0.2) is 13.1 Å². The molecule has 1 heterocycles. The predicted molar refractivity (Wildman–Crippen MR) is 106 cm³/mol. The molecule has 0 fully saturated rings. The quantitative estimate of drug-likeness (QED) is 0.608. The Morgan fingerprint density at radius 2 is 1.63 bits per heavy atom. The van der Waals surface area contributed by atoms with Gasteiger partial charge in [0.2, 0.25) is 0 Å². The van der Waals surface area contributed by atoms with Crippen LogP contribution < -0.4 is 4.72 Å². The highest BCUT2D eigenvalue weighted by molar-refractivity contribution is 7.90. The van der Waals surface area contributed by atoms with Crippen LogP contribution in [0.5, 0.6) is 0 Å². The van der Waals surface area contributed by atoms with Gasteiger partial charge in [-0.2, -0.15) is 13.2 Å². The summed E-state index contributed by atoms with van der Waals surface area (Å²) in [6.07, 6.45) is -4.72. The summed E-state index contributed by atoms with van der Waals surface area (Å²) in [5.74, 6) is -1.05. The molecule has 0 radical (unpaired) electrons. The molecule has 0 aliphatic carbocycles. The highest BCUT2D eigenvalue weighted by Gasteiger charge is 2.32. The van der Waals surface area contributed by atoms with Crippen LogP contribution in [-0.4, -0.2) is 18.9 Å². The van der Waals surface area contributed by atoms with Gasteiger partial charge in [-0.3, -0.25) is 4.79 Å². The summed E-state index contributed by atoms with van der Waals surface area (Å²) in [6, 6.07) is 11.4. The zero-order valence-electron chi connectivity index (χ0n) is 15.8. The number of carbonyl (C=O) groups is 1. The monoisotopic (exact) mass is 456 g/mol. The minimum Gasteiger partial charge on any atom is -0.318 e. The Hall–Kier alpha value is -2.78. The summed E-state index contributed by atoms with van der Waals surface area (Å²) in [4.78, 5) is 11.9. The van der Waals surface area contributed by atoms with Crippen LogP contribution in [0.2, 0.25) is 5.02 Å². The molecule has 0 saturated carbocycles. The first-order chi connectivity index (χ1) is 13.9. The van der Waals surface area contributed by atoms with E-state index >= 15 is 0 Å². The average molecular weight is 457 g/mol. The molecule has 1 N–H and O–H groups in total. The number of sulfonamides is 1. The van der Waals surface area contributed by atoms with Gasteiger partial charge in [-0.15, -0.1) is 0 Å². The molecule has 2 aromatic carbocycles. The van der Waals surface area contributed by atoms with Crippen molar-refractivity contribution in [3.8, 4) is 5.69 Å². The van der Waals surface area contributed by atoms with Crippen LogP contribution in [0, 0.1) is 13.8 Å². The summed E-state index contributed by atoms with van der Waals surface area (Å²) in [5.41, 5.74) is 1.09. The first-order valence-corrected chi connectivity index (χ1v) is 10.5. The van der Waals surface area contributed by atoms with E-state index in [9.17, 15) is 26.4 Å². The van der Waals surface area contributed by atoms with Gasteiger partial charge in [0, 0.05) is 17.1 Å². The van der Waals surface area contributed by atoms with Crippen LogP contribution >= 0.6 is 11.6 Å². The molecule has 1 aromatic heterocycles. The van der Waals surface area contributed by atoms with E-state index in [1.54, 1.807) is 10.8 Å². The van der Waals surface area contributed by atoms with E-state index in [2.05, 4.69) is 0 Å². The highest BCUT2D eigenvalue weighted by atomic mass is 35.5. The second-order valence-corrected chi connectivity index (χ2v) is 8.67. The lowest BCUT2D eigenvalue weighted by atomic mass is 10.2. The van der Waals surface area contributed by atoms with Crippen LogP contribution in [0.3, 0.4) is 0 Å². The maximum absolute atomic E-state index is 12.9. The summed E-state index contributed by atoms with van der Waals surface area (Å²) < 4.78 is 67.2. The molecule has 0 atom stereocenters. The second kappa shape index (κ2) is 7.81. The van der Waals surface area contributed by atoms with E-state index in [1.807, 2.05) is 30.5 Å². The number of nitrogens with one attached hydrogen (secondary N) is 1. The van der Waals surface area contributed by atoms with Gasteiger partial charge >= 0.3 is 6.18 Å². The number of halogens is 4. The van der Waals surface area contributed by atoms with E-state index in [-0.39, 0.29) is 10.6 Å². The first kappa shape index (κ1) is 21.9. The number of nitrogens with zero attached hydrogens (tertiary/aromatic N) is 1. The Morgan fingerprint density at radius 1 is 1.00 bits per heavy atom. The highest BCUT2D eigenvalue weighted by Crippen LogP contribution is 2.30. The van der Waals surface area contributed by atoms with E-state index in [4.69, 9.17) is 11.6 Å². The average Bonchev–Trinajstić information content (AvgIpc) is 3.00. The minimum atomic E-state index is -4.72. The molecule has 30 heavy (non-hydrogen) atoms. The molecular formula is C20H16ClF3N2O3S. The number of aromatic nitrogens is 1. The fraction of sp³-hybridized carbons (Fsp3) is 0.150. The lowest BCUT2D eigenvalue weighted by molar-refractivity contribution is -0.137. The molecular weight excluding hydrogens is 441 g/mol. The lowest BCUT2D eigenvalue weighted by Crippen LogP contribution is -2.31. The molecule has 10 heteroatoms. The van der Waals surface area contributed by atoms with Gasteiger partial charge in [0.25, 0.3) is 15.9 Å². The van der Waals surface area contributed by atoms with E-state index in [0.29, 0.717) is 11.8 Å². The third kappa shape index (κ3) is 4.36. The van der Waals surface area contributed by atoms with Crippen molar-refractivity contribution in [3.63, 3.8) is 0 Å². The first-order valence-electron chi connectivity index (χ1n) is 8.59. The molecule has 0 spiro atoms. The van der Waals surface area contributed by atoms with Crippen molar-refractivity contribution in [1.82, 2.24) is 9.29 Å². The normalized spacial score (nSPS) is 12.1. The fourth-order valence-corrected chi connectivity index (χ4v) is 4.19. The Kier molecular flexibility index (Phi) is 5.70. The number of aryl methyl sites for hydroxylation is 2. The van der Waals surface area contributed by atoms with Crippen molar-refractivity contribution in [3.05, 3.63) is 82.1 Å². The molecule has 1 amide bonds. The molecule has 0 aliphatic heterocycles. The molecule has 0 bridgehead atoms. The van der Waals surface area contributed by atoms with Crippen LogP contribution in [0.1, 0.15) is 27.3 Å². The van der Waals surface area contributed by atoms with Crippen LogP contribution in [0.25, 0.3) is 5.69 Å². The Balaban J connectivity index is 1.95. The van der Waals surface area contributed by atoms with Gasteiger partial charge in [-0.05, 0) is 62.4 Å². The molecule has 158 valence electrons. The molecule has 3 rings (SSSR count). The Bertz CT molecular complexity index is 1210. The standard InChI is InChI=1S/C20H16ClF3N2O3S/c1-12-6-7-13(2)26(12)15-8-9-18(21)17(11-15)19(27)25-30(28,29)16-5-3-4-14(10-16)20(22,23)24/h3-11H,1-2H3,(H,25,27). The molecule has 0 saturated heterocycles. The Labute approximate surface area is 176 Å². The predicted octanol–water partition coefficient (Wildman–Crippen LogP) is 4.89. The third-order valence-electron chi connectivity index (χ3n) is 4.42. The van der Waals surface area contributed by atoms with Gasteiger partial charge < -0.3 is 4.57 Å². The number of hydrogen-bond acceptors (Lipinski definition) is 3. The van der Waals surface area contributed by atoms with E-state index in [0.717, 1.165) is 29.6 Å². The summed E-state index contributed by atoms with van der Waals surface area (Å²) in [6.45, 7) is 3.72. The van der Waals surface area contributed by atoms with Crippen molar-refractivity contribution in [2.24, 2.45) is 0 Å². The topological polar surface area (TPSA) is 68.2 Å². The SMILES string of the molecule is Cc1ccc(C)n1-c1ccc(Cl)c(C(=O)NS(=O)(=O)c2cccc(C(F)(F)F)c2)c1. The molecule has 0 aliphatic rings. The number of benzene rings is 2. The minimum absolute atomic E-state index is 0.00189. The number of hydrogen-bond donors (Lipinski definition) is 1. The zero-order chi connectivity index (χ0) is 22.3. The summed E-state index contributed by atoms with van der Waals surface area (Å²) in [7, 11) is -4.56. The van der Waals surface area contributed by atoms with Crippen LogP contribution in [0.15, 0.2) is 59.5 Å². The van der Waals surface area contributed by atoms with Gasteiger partial charge in [0.15, 0.2) is 0 Å². The smallest absolute Gasteiger partial charge is 0.318 e. The second-order valence-electron chi connectivity index (χ2n) is 6.58. The lowest BCUT2D eigenvalue weighted by Gasteiger charge is -2.13. The number of rotatable bonds is 4. The van der Waals surface area contributed by atoms with E-state index in [1.165, 1.54) is 12.1 Å². The van der Waals surface area contributed by atoms with Crippen molar-refractivity contribution in [1.29, 1.82) is 0 Å². The molecule has 3 aromatic rings. The van der Waals surface area contributed by atoms with Crippen molar-refractivity contribution in [2.75, 3.05) is 0 Å². The maximum Gasteiger partial charge on any atom is 0.416 e. The fourth-order valence-electron chi connectivity index (χ4n) is 2.98. The van der Waals surface area contributed by atoms with Crippen molar-refractivity contribution < 1.29 is 26.4 Å². The zero-order valence-corrected chi connectivity index (χ0v) is 17.4. The summed E-state index contributed by atoms with van der Waals surface area (Å²) in [5, 5.41) is -0.00189.